The second-order valence-corrected chi connectivity index (χ2v) is 2.49. The number of primary amides is 1. The number of carbonyl (C=O) groups is 1. The first kappa shape index (κ1) is 11.2. The fraction of sp³-hybridized carbons (Fsp3) is 0.286. The highest BCUT2D eigenvalue weighted by Gasteiger charge is 2.34. The molecule has 1 rings (SSSR count). The second-order valence-electron chi connectivity index (χ2n) is 2.49. The molecule has 0 unspecified atom stereocenters. The minimum Gasteiger partial charge on any atom is -0.467 e. The van der Waals surface area contributed by atoms with Crippen LogP contribution in [-0.2, 0) is 6.18 Å². The molecule has 1 heterocycles. The Kier molecular flexibility index (Phi) is 2.78. The van der Waals surface area contributed by atoms with E-state index in [1.807, 2.05) is 0 Å². The molecule has 5 nitrogen and oxygen atoms in total. The highest BCUT2D eigenvalue weighted by molar-refractivity contribution is 5.90. The molecule has 0 aliphatic carbocycles. The van der Waals surface area contributed by atoms with Crippen LogP contribution in [0.15, 0.2) is 6.07 Å². The lowest BCUT2D eigenvalue weighted by Gasteiger charge is -2.07. The van der Waals surface area contributed by atoms with Crippen LogP contribution in [-0.4, -0.2) is 23.0 Å². The van der Waals surface area contributed by atoms with E-state index in [2.05, 4.69) is 14.7 Å². The normalized spacial score (nSPS) is 11.2. The van der Waals surface area contributed by atoms with Gasteiger partial charge in [-0.3, -0.25) is 4.79 Å². The molecule has 1 amide bonds. The van der Waals surface area contributed by atoms with E-state index in [1.165, 1.54) is 0 Å². The fourth-order valence-corrected chi connectivity index (χ4v) is 0.788. The van der Waals surface area contributed by atoms with Gasteiger partial charge in [-0.2, -0.15) is 23.1 Å². The lowest BCUT2D eigenvalue weighted by molar-refractivity contribution is -0.141. The largest absolute Gasteiger partial charge is 0.467 e. The quantitative estimate of drug-likeness (QED) is 0.793. The number of nitrogens with two attached hydrogens (primary N) is 1. The maximum absolute atomic E-state index is 12.2. The van der Waals surface area contributed by atoms with Crippen LogP contribution in [0.2, 0.25) is 0 Å². The maximum Gasteiger partial charge on any atom is 0.433 e. The molecule has 0 atom stereocenters. The highest BCUT2D eigenvalue weighted by atomic mass is 19.4. The minimum atomic E-state index is -4.68. The number of methoxy groups -OCH3 is 1. The third-order valence-corrected chi connectivity index (χ3v) is 1.43. The van der Waals surface area contributed by atoms with Gasteiger partial charge in [0.25, 0.3) is 5.91 Å². The van der Waals surface area contributed by atoms with E-state index >= 15 is 0 Å². The molecule has 15 heavy (non-hydrogen) atoms. The summed E-state index contributed by atoms with van der Waals surface area (Å²) in [6, 6.07) is -0.0937. The first-order valence-corrected chi connectivity index (χ1v) is 3.64. The van der Waals surface area contributed by atoms with Crippen LogP contribution in [0.1, 0.15) is 16.2 Å². The van der Waals surface area contributed by atoms with Crippen LogP contribution in [0, 0.1) is 0 Å². The van der Waals surface area contributed by atoms with Crippen LogP contribution < -0.4 is 10.5 Å². The summed E-state index contributed by atoms with van der Waals surface area (Å²) >= 11 is 0. The average molecular weight is 221 g/mol. The van der Waals surface area contributed by atoms with E-state index < -0.39 is 29.5 Å². The Hall–Kier alpha value is -1.86. The average Bonchev–Trinajstić information content (AvgIpc) is 2.15. The van der Waals surface area contributed by atoms with Crippen molar-refractivity contribution >= 4 is 5.91 Å². The first-order chi connectivity index (χ1) is 6.84. The summed E-state index contributed by atoms with van der Waals surface area (Å²) < 4.78 is 41.2. The molecule has 0 aliphatic rings. The van der Waals surface area contributed by atoms with E-state index in [0.29, 0.717) is 6.07 Å². The Bertz CT molecular complexity index is 392. The number of nitrogens with zero attached hydrogens (tertiary/aromatic N) is 2. The summed E-state index contributed by atoms with van der Waals surface area (Å²) in [5.41, 5.74) is 2.98. The van der Waals surface area contributed by atoms with Crippen LogP contribution in [0.3, 0.4) is 0 Å². The molecule has 2 N–H and O–H groups in total. The van der Waals surface area contributed by atoms with Gasteiger partial charge in [0, 0.05) is 6.07 Å². The van der Waals surface area contributed by atoms with E-state index in [1.54, 1.807) is 0 Å². The Balaban J connectivity index is 3.30. The number of carbonyl (C=O) groups excluding carboxylic acids is 1. The molecule has 0 aromatic carbocycles. The summed E-state index contributed by atoms with van der Waals surface area (Å²) in [6.45, 7) is 0. The summed E-state index contributed by atoms with van der Waals surface area (Å²) in [5.74, 6) is -1.08. The van der Waals surface area contributed by atoms with Gasteiger partial charge in [0.2, 0.25) is 0 Å². The Labute approximate surface area is 82.1 Å². The zero-order chi connectivity index (χ0) is 11.6. The molecule has 0 saturated carbocycles. The van der Waals surface area contributed by atoms with Crippen molar-refractivity contribution in [2.75, 3.05) is 7.11 Å². The number of hydrogen-bond acceptors (Lipinski definition) is 4. The molecule has 0 saturated heterocycles. The lowest BCUT2D eigenvalue weighted by Crippen LogP contribution is -2.17. The Morgan fingerprint density at radius 3 is 2.47 bits per heavy atom. The minimum absolute atomic E-state index is 0.463. The zero-order valence-electron chi connectivity index (χ0n) is 7.50. The number of alkyl halides is 3. The van der Waals surface area contributed by atoms with Crippen molar-refractivity contribution in [1.82, 2.24) is 9.97 Å². The molecular formula is C7H6F3N3O2. The SMILES string of the molecule is COc1nc(C(N)=O)cc(C(F)(F)F)n1. The predicted octanol–water partition coefficient (Wildman–Crippen LogP) is 0.603. The van der Waals surface area contributed by atoms with Gasteiger partial charge >= 0.3 is 12.2 Å². The summed E-state index contributed by atoms with van der Waals surface area (Å²) in [7, 11) is 1.08. The number of ether oxygens (including phenoxy) is 1. The summed E-state index contributed by atoms with van der Waals surface area (Å²) in [4.78, 5) is 17.1. The van der Waals surface area contributed by atoms with Gasteiger partial charge < -0.3 is 10.5 Å². The van der Waals surface area contributed by atoms with E-state index in [0.717, 1.165) is 7.11 Å². The summed E-state index contributed by atoms with van der Waals surface area (Å²) in [6.07, 6.45) is -4.68. The summed E-state index contributed by atoms with van der Waals surface area (Å²) in [5, 5.41) is 0. The van der Waals surface area contributed by atoms with Crippen molar-refractivity contribution in [2.24, 2.45) is 5.73 Å². The van der Waals surface area contributed by atoms with Gasteiger partial charge in [-0.25, -0.2) is 0 Å². The molecule has 1 aromatic heterocycles. The lowest BCUT2D eigenvalue weighted by atomic mass is 10.3. The smallest absolute Gasteiger partial charge is 0.433 e. The first-order valence-electron chi connectivity index (χ1n) is 3.64. The number of halogens is 3. The van der Waals surface area contributed by atoms with E-state index in [9.17, 15) is 18.0 Å². The number of hydrogen-bond donors (Lipinski definition) is 1. The molecule has 8 heteroatoms. The van der Waals surface area contributed by atoms with Gasteiger partial charge in [-0.15, -0.1) is 0 Å². The van der Waals surface area contributed by atoms with Crippen LogP contribution in [0.5, 0.6) is 6.01 Å². The van der Waals surface area contributed by atoms with E-state index in [4.69, 9.17) is 5.73 Å². The van der Waals surface area contributed by atoms with Gasteiger partial charge in [-0.05, 0) is 0 Å². The third-order valence-electron chi connectivity index (χ3n) is 1.43. The van der Waals surface area contributed by atoms with Crippen molar-refractivity contribution in [2.45, 2.75) is 6.18 Å². The van der Waals surface area contributed by atoms with Gasteiger partial charge in [0.15, 0.2) is 5.69 Å². The Morgan fingerprint density at radius 1 is 1.47 bits per heavy atom. The second kappa shape index (κ2) is 3.71. The van der Waals surface area contributed by atoms with Crippen molar-refractivity contribution in [3.8, 4) is 6.01 Å². The van der Waals surface area contributed by atoms with Crippen molar-refractivity contribution in [1.29, 1.82) is 0 Å². The molecule has 0 bridgehead atoms. The predicted molar refractivity (Wildman–Crippen MR) is 42.1 cm³/mol. The van der Waals surface area contributed by atoms with Gasteiger partial charge in [0.05, 0.1) is 7.11 Å². The van der Waals surface area contributed by atoms with Crippen LogP contribution >= 0.6 is 0 Å². The number of aromatic nitrogens is 2. The molecule has 0 radical (unpaired) electrons. The van der Waals surface area contributed by atoms with Gasteiger partial charge in [0.1, 0.15) is 5.69 Å². The zero-order valence-corrected chi connectivity index (χ0v) is 7.50. The van der Waals surface area contributed by atoms with Crippen molar-refractivity contribution < 1.29 is 22.7 Å². The third kappa shape index (κ3) is 2.55. The van der Waals surface area contributed by atoms with Gasteiger partial charge in [-0.1, -0.05) is 0 Å². The van der Waals surface area contributed by atoms with Crippen LogP contribution in [0.4, 0.5) is 13.2 Å². The maximum atomic E-state index is 12.2. The molecule has 0 fully saturated rings. The highest BCUT2D eigenvalue weighted by Crippen LogP contribution is 2.28. The topological polar surface area (TPSA) is 78.1 Å². The molecule has 82 valence electrons. The van der Waals surface area contributed by atoms with Crippen molar-refractivity contribution in [3.05, 3.63) is 17.5 Å². The monoisotopic (exact) mass is 221 g/mol. The number of rotatable bonds is 2. The molecule has 0 aliphatic heterocycles. The molecular weight excluding hydrogens is 215 g/mol. The van der Waals surface area contributed by atoms with Crippen molar-refractivity contribution in [3.63, 3.8) is 0 Å². The molecule has 1 aromatic rings. The molecule has 0 spiro atoms. The Morgan fingerprint density at radius 2 is 2.07 bits per heavy atom. The van der Waals surface area contributed by atoms with Crippen LogP contribution in [0.25, 0.3) is 0 Å². The number of amides is 1. The van der Waals surface area contributed by atoms with E-state index in [-0.39, 0.29) is 0 Å². The fourth-order valence-electron chi connectivity index (χ4n) is 0.788. The standard InChI is InChI=1S/C7H6F3N3O2/c1-15-6-12-3(5(11)14)2-4(13-6)7(8,9)10/h2H,1H3,(H2,11,14).